The second kappa shape index (κ2) is 11.1. The van der Waals surface area contributed by atoms with Gasteiger partial charge in [-0.1, -0.05) is 0 Å². The molecule has 7 rings (SSSR count). The van der Waals surface area contributed by atoms with Gasteiger partial charge in [0.2, 0.25) is 13.5 Å². The molecule has 4 unspecified atom stereocenters. The van der Waals surface area contributed by atoms with Crippen molar-refractivity contribution < 1.29 is 45.8 Å². The maximum Gasteiger partial charge on any atom is 0.325 e. The predicted octanol–water partition coefficient (Wildman–Crippen LogP) is -0.0945. The van der Waals surface area contributed by atoms with E-state index in [4.69, 9.17) is 58.4 Å². The lowest BCUT2D eigenvalue weighted by Crippen LogP contribution is -2.37. The van der Waals surface area contributed by atoms with E-state index in [2.05, 4.69) is 29.9 Å². The Balaban J connectivity index is 1.17. The molecule has 0 amide bonds. The summed E-state index contributed by atoms with van der Waals surface area (Å²) in [6.07, 6.45) is -9.99. The predicted molar refractivity (Wildman–Crippen MR) is 151 cm³/mol. The number of nitrogens with two attached hydrogens (primary N) is 2. The fourth-order valence-electron chi connectivity index (χ4n) is 5.27. The maximum atomic E-state index is 16.0. The van der Waals surface area contributed by atoms with Gasteiger partial charge in [-0.05, 0) is 11.8 Å². The highest BCUT2D eigenvalue weighted by Gasteiger charge is 2.53. The maximum absolute atomic E-state index is 16.0. The number of aromatic amines is 1. The lowest BCUT2D eigenvalue weighted by molar-refractivity contribution is -0.0566. The lowest BCUT2D eigenvalue weighted by atomic mass is 10.1. The van der Waals surface area contributed by atoms with Crippen LogP contribution in [0.2, 0.25) is 0 Å². The van der Waals surface area contributed by atoms with Crippen LogP contribution < -0.4 is 17.0 Å². The van der Waals surface area contributed by atoms with Crippen LogP contribution in [-0.4, -0.2) is 101 Å². The van der Waals surface area contributed by atoms with Crippen molar-refractivity contribution in [3.8, 4) is 0 Å². The molecule has 25 heteroatoms. The molecule has 0 bridgehead atoms. The number of fused-ring (bicyclic) bond motifs is 4. The first-order valence-corrected chi connectivity index (χ1v) is 17.1. The zero-order valence-corrected chi connectivity index (χ0v) is 25.0. The number of rotatable bonds is 2. The van der Waals surface area contributed by atoms with E-state index >= 15 is 8.78 Å². The van der Waals surface area contributed by atoms with E-state index in [0.29, 0.717) is 0 Å². The number of nitrogen functional groups attached to an aromatic ring is 2. The molecular weight excluding hydrogens is 667 g/mol. The Kier molecular flexibility index (Phi) is 7.55. The Morgan fingerprint density at radius 2 is 1.56 bits per heavy atom. The molecule has 45 heavy (non-hydrogen) atoms. The molecular formula is C20H21BF2N10O9P2S. The minimum absolute atomic E-state index is 0.0372. The molecule has 7 heterocycles. The van der Waals surface area contributed by atoms with Crippen LogP contribution in [0.3, 0.4) is 0 Å². The third-order valence-corrected chi connectivity index (χ3v) is 9.87. The second-order valence-electron chi connectivity index (χ2n) is 10.1. The van der Waals surface area contributed by atoms with Gasteiger partial charge in [-0.25, -0.2) is 28.7 Å². The van der Waals surface area contributed by atoms with Crippen LogP contribution >= 0.6 is 14.2 Å². The molecule has 0 aliphatic carbocycles. The number of H-pyrrole nitrogens is 1. The van der Waals surface area contributed by atoms with Crippen LogP contribution in [0.5, 0.6) is 0 Å². The molecule has 4 aromatic rings. The smallest absolute Gasteiger partial charge is 0.325 e. The van der Waals surface area contributed by atoms with Gasteiger partial charge in [-0.2, -0.15) is 4.98 Å². The summed E-state index contributed by atoms with van der Waals surface area (Å²) in [5.74, 6) is -0.235. The highest BCUT2D eigenvalue weighted by molar-refractivity contribution is 8.07. The van der Waals surface area contributed by atoms with Gasteiger partial charge in [-0.3, -0.25) is 28.0 Å². The molecule has 2 radical (unpaired) electrons. The van der Waals surface area contributed by atoms with Crippen molar-refractivity contribution in [3.05, 3.63) is 29.3 Å². The fourth-order valence-corrected chi connectivity index (χ4v) is 7.71. The van der Waals surface area contributed by atoms with Gasteiger partial charge in [0.05, 0.1) is 25.9 Å². The van der Waals surface area contributed by atoms with Gasteiger partial charge in [0.25, 0.3) is 13.0 Å². The molecule has 19 nitrogen and oxygen atoms in total. The summed E-state index contributed by atoms with van der Waals surface area (Å²) in [6.45, 7) is -5.72. The Morgan fingerprint density at radius 1 is 0.956 bits per heavy atom. The van der Waals surface area contributed by atoms with Crippen LogP contribution in [0, 0.1) is 0 Å². The van der Waals surface area contributed by atoms with E-state index in [1.165, 1.54) is 10.9 Å². The van der Waals surface area contributed by atoms with Crippen LogP contribution in [-0.2, 0) is 43.9 Å². The first-order chi connectivity index (χ1) is 21.3. The van der Waals surface area contributed by atoms with Crippen molar-refractivity contribution in [2.75, 3.05) is 24.7 Å². The first-order valence-electron chi connectivity index (χ1n) is 12.9. The highest BCUT2D eigenvalue weighted by Crippen LogP contribution is 2.54. The Bertz CT molecular complexity index is 1950. The summed E-state index contributed by atoms with van der Waals surface area (Å²) in [5.41, 5.74) is 10.8. The third kappa shape index (κ3) is 5.45. The Hall–Kier alpha value is -2.98. The summed E-state index contributed by atoms with van der Waals surface area (Å²) in [5, 5.41) is 0. The minimum atomic E-state index is -4.62. The molecule has 0 spiro atoms. The third-order valence-electron chi connectivity index (χ3n) is 7.26. The topological polar surface area (TPSA) is 252 Å². The van der Waals surface area contributed by atoms with Crippen molar-refractivity contribution in [2.24, 2.45) is 0 Å². The molecule has 4 aromatic heterocycles. The standard InChI is InChI=1S/C20H21BF2N10O9P2S/c21-43(35)37-1-6-13(9(23)18(39-6)32-4-28-10-14(24)26-3-27-15(10)32)42-44(36,45)38-2-7-12(41-43)8(22)19(40-7)33-5-29-11-16(33)30-20(25)31-17(11)34/h3-9,12-13,18-19H,1-2H2,(H,36,45)(H2,24,26,27)(H3,25,30,31,34)/t6-,7-,8?,9+,12+,13?,18-,19-,43?,44?/m1/s1. The number of imidazole rings is 2. The van der Waals surface area contributed by atoms with Gasteiger partial charge in [0.15, 0.2) is 47.4 Å². The summed E-state index contributed by atoms with van der Waals surface area (Å²) >= 11 is 5.13. The van der Waals surface area contributed by atoms with E-state index in [1.54, 1.807) is 0 Å². The summed E-state index contributed by atoms with van der Waals surface area (Å²) < 4.78 is 80.7. The van der Waals surface area contributed by atoms with E-state index in [0.717, 1.165) is 17.2 Å². The van der Waals surface area contributed by atoms with Crippen LogP contribution in [0.4, 0.5) is 20.5 Å². The first kappa shape index (κ1) is 30.7. The largest absolute Gasteiger partial charge is 0.382 e. The second-order valence-corrected chi connectivity index (χ2v) is 14.5. The van der Waals surface area contributed by atoms with Crippen LogP contribution in [0.1, 0.15) is 12.5 Å². The molecule has 6 N–H and O–H groups in total. The van der Waals surface area contributed by atoms with Crippen molar-refractivity contribution in [2.45, 2.75) is 49.2 Å². The number of alkyl halides is 2. The zero-order chi connectivity index (χ0) is 31.8. The Morgan fingerprint density at radius 3 is 2.24 bits per heavy atom. The normalized spacial score (nSPS) is 37.7. The van der Waals surface area contributed by atoms with Gasteiger partial charge in [-0.15, -0.1) is 0 Å². The van der Waals surface area contributed by atoms with Crippen molar-refractivity contribution >= 4 is 67.7 Å². The van der Waals surface area contributed by atoms with E-state index < -0.39 is 82.2 Å². The number of anilines is 2. The molecule has 3 aliphatic heterocycles. The summed E-state index contributed by atoms with van der Waals surface area (Å²) in [7, 11) is 1.19. The molecule has 3 aliphatic rings. The van der Waals surface area contributed by atoms with Gasteiger partial charge < -0.3 is 39.4 Å². The zero-order valence-electron chi connectivity index (χ0n) is 22.4. The van der Waals surface area contributed by atoms with E-state index in [-0.39, 0.29) is 34.1 Å². The van der Waals surface area contributed by atoms with E-state index in [1.807, 2.05) is 0 Å². The number of nitrogens with zero attached hydrogens (tertiary/aromatic N) is 7. The monoisotopic (exact) mass is 688 g/mol. The number of hydrogen-bond acceptors (Lipinski definition) is 16. The average Bonchev–Trinajstić information content (AvgIpc) is 3.72. The number of ether oxygens (including phenoxy) is 2. The molecule has 3 fully saturated rings. The molecule has 238 valence electrons. The number of hydrogen-bond donors (Lipinski definition) is 4. The molecule has 0 saturated carbocycles. The number of halogens is 2. The number of nitrogens with one attached hydrogen (secondary N) is 1. The van der Waals surface area contributed by atoms with Crippen molar-refractivity contribution in [1.82, 2.24) is 39.0 Å². The summed E-state index contributed by atoms with van der Waals surface area (Å²) in [6, 6.07) is 0. The fraction of sp³-hybridized carbons (Fsp3) is 0.500. The van der Waals surface area contributed by atoms with Crippen molar-refractivity contribution in [3.63, 3.8) is 0 Å². The van der Waals surface area contributed by atoms with Gasteiger partial charge >= 0.3 is 6.72 Å². The lowest BCUT2D eigenvalue weighted by Gasteiger charge is -2.29. The van der Waals surface area contributed by atoms with Crippen molar-refractivity contribution in [1.29, 1.82) is 0 Å². The Labute approximate surface area is 255 Å². The molecule has 10 atom stereocenters. The molecule has 0 aromatic carbocycles. The summed E-state index contributed by atoms with van der Waals surface area (Å²) in [4.78, 5) is 45.3. The molecule has 3 saturated heterocycles. The minimum Gasteiger partial charge on any atom is -0.382 e. The highest BCUT2D eigenvalue weighted by atomic mass is 32.5. The average molecular weight is 688 g/mol. The van der Waals surface area contributed by atoms with Crippen LogP contribution in [0.25, 0.3) is 22.3 Å². The van der Waals surface area contributed by atoms with Gasteiger partial charge in [0, 0.05) is 0 Å². The van der Waals surface area contributed by atoms with Crippen LogP contribution in [0.15, 0.2) is 23.8 Å². The van der Waals surface area contributed by atoms with E-state index in [9.17, 15) is 14.3 Å². The number of aromatic nitrogens is 8. The van der Waals surface area contributed by atoms with Gasteiger partial charge in [0.1, 0.15) is 36.3 Å². The SMILES string of the molecule is [B]P1(=O)OC[C@H]2O[C@@H](n3cnc4c(N)ncnc43)[C@@H](F)C2OP(O)(=S)OC[C@H]2O[C@@H](n3cnc4c(=O)[nH]c(N)nc43)C(F)[C@H]2O1. The quantitative estimate of drug-likeness (QED) is 0.159.